The van der Waals surface area contributed by atoms with Crippen LogP contribution in [0.2, 0.25) is 0 Å². The lowest BCUT2D eigenvalue weighted by molar-refractivity contribution is 1.33. The molecule has 2 rings (SSSR count). The summed E-state index contributed by atoms with van der Waals surface area (Å²) in [7, 11) is 0. The molecular weight excluding hydrogens is 260 g/mol. The molecule has 4 nitrogen and oxygen atoms in total. The van der Waals surface area contributed by atoms with Gasteiger partial charge in [-0.2, -0.15) is 0 Å². The average Bonchev–Trinajstić information content (AvgIpc) is 2.45. The molecule has 4 heteroatoms. The number of benzene rings is 2. The van der Waals surface area contributed by atoms with Crippen molar-refractivity contribution in [1.29, 1.82) is 0 Å². The van der Waals surface area contributed by atoms with Crippen molar-refractivity contribution in [2.45, 2.75) is 34.6 Å². The van der Waals surface area contributed by atoms with Gasteiger partial charge in [-0.05, 0) is 62.4 Å². The van der Waals surface area contributed by atoms with E-state index in [4.69, 9.17) is 22.9 Å². The second kappa shape index (κ2) is 6.39. The van der Waals surface area contributed by atoms with Crippen LogP contribution < -0.4 is 22.9 Å². The normalized spacial score (nSPS) is 9.95. The third-order valence-corrected chi connectivity index (χ3v) is 3.81. The molecular formula is C17H26N4. The Morgan fingerprint density at radius 1 is 0.524 bits per heavy atom. The molecule has 0 bridgehead atoms. The number of aryl methyl sites for hydroxylation is 4. The lowest BCUT2D eigenvalue weighted by Crippen LogP contribution is -2.00. The van der Waals surface area contributed by atoms with E-state index >= 15 is 0 Å². The summed E-state index contributed by atoms with van der Waals surface area (Å²) in [5, 5.41) is 0. The standard InChI is InChI=1S/C9H14N2.C8H12N2/c1-5-4-6(2)9(11)7(3)8(5)10;1-5-3-4-6(2)8(10)7(5)9/h4H,10-11H2,1-3H3;3-4H,9-10H2,1-2H3. The Labute approximate surface area is 127 Å². The van der Waals surface area contributed by atoms with Crippen molar-refractivity contribution >= 4 is 22.7 Å². The fraction of sp³-hybridized carbons (Fsp3) is 0.294. The summed E-state index contributed by atoms with van der Waals surface area (Å²) in [6, 6.07) is 5.96. The first kappa shape index (κ1) is 16.7. The van der Waals surface area contributed by atoms with Crippen LogP contribution in [-0.2, 0) is 0 Å². The Morgan fingerprint density at radius 2 is 0.857 bits per heavy atom. The lowest BCUT2D eigenvalue weighted by atomic mass is 10.0. The first-order valence-electron chi connectivity index (χ1n) is 6.89. The zero-order valence-corrected chi connectivity index (χ0v) is 13.5. The van der Waals surface area contributed by atoms with Crippen LogP contribution in [0.15, 0.2) is 18.2 Å². The minimum Gasteiger partial charge on any atom is -0.398 e. The van der Waals surface area contributed by atoms with Crippen molar-refractivity contribution in [1.82, 2.24) is 0 Å². The number of rotatable bonds is 0. The molecule has 0 aliphatic rings. The van der Waals surface area contributed by atoms with Crippen molar-refractivity contribution in [3.05, 3.63) is 46.0 Å². The largest absolute Gasteiger partial charge is 0.398 e. The highest BCUT2D eigenvalue weighted by atomic mass is 14.7. The zero-order chi connectivity index (χ0) is 16.3. The van der Waals surface area contributed by atoms with Crippen LogP contribution in [-0.4, -0.2) is 0 Å². The van der Waals surface area contributed by atoms with Crippen LogP contribution in [0.4, 0.5) is 22.7 Å². The summed E-state index contributed by atoms with van der Waals surface area (Å²) >= 11 is 0. The number of nitrogen functional groups attached to an aromatic ring is 4. The van der Waals surface area contributed by atoms with Crippen LogP contribution in [0.3, 0.4) is 0 Å². The molecule has 0 amide bonds. The molecule has 0 aromatic heterocycles. The first-order valence-corrected chi connectivity index (χ1v) is 6.89. The minimum atomic E-state index is 0.708. The van der Waals surface area contributed by atoms with Crippen molar-refractivity contribution in [2.24, 2.45) is 0 Å². The molecule has 0 fully saturated rings. The summed E-state index contributed by atoms with van der Waals surface area (Å²) in [6.07, 6.45) is 0. The molecule has 21 heavy (non-hydrogen) atoms. The Hall–Kier alpha value is -2.36. The molecule has 2 aromatic carbocycles. The molecule has 0 saturated carbocycles. The van der Waals surface area contributed by atoms with Crippen LogP contribution >= 0.6 is 0 Å². The van der Waals surface area contributed by atoms with Gasteiger partial charge in [0.05, 0.1) is 11.4 Å². The zero-order valence-electron chi connectivity index (χ0n) is 13.5. The molecule has 0 aliphatic heterocycles. The highest BCUT2D eigenvalue weighted by Crippen LogP contribution is 2.25. The van der Waals surface area contributed by atoms with Crippen LogP contribution in [0.1, 0.15) is 27.8 Å². The highest BCUT2D eigenvalue weighted by molar-refractivity contribution is 5.70. The molecule has 0 unspecified atom stereocenters. The van der Waals surface area contributed by atoms with E-state index in [9.17, 15) is 0 Å². The summed E-state index contributed by atoms with van der Waals surface area (Å²) < 4.78 is 0. The maximum Gasteiger partial charge on any atom is 0.0580 e. The Morgan fingerprint density at radius 3 is 1.19 bits per heavy atom. The molecule has 0 aliphatic carbocycles. The smallest absolute Gasteiger partial charge is 0.0580 e. The fourth-order valence-electron chi connectivity index (χ4n) is 2.07. The number of nitrogens with two attached hydrogens (primary N) is 4. The Balaban J connectivity index is 0.000000211. The van der Waals surface area contributed by atoms with E-state index in [1.165, 1.54) is 0 Å². The second-order valence-electron chi connectivity index (χ2n) is 5.49. The van der Waals surface area contributed by atoms with E-state index in [1.54, 1.807) is 0 Å². The van der Waals surface area contributed by atoms with Crippen molar-refractivity contribution in [3.8, 4) is 0 Å². The molecule has 114 valence electrons. The molecule has 0 saturated heterocycles. The van der Waals surface area contributed by atoms with E-state index in [1.807, 2.05) is 52.8 Å². The maximum absolute atomic E-state index is 5.77. The van der Waals surface area contributed by atoms with Crippen molar-refractivity contribution in [2.75, 3.05) is 22.9 Å². The summed E-state index contributed by atoms with van der Waals surface area (Å²) in [6.45, 7) is 9.84. The molecule has 0 heterocycles. The number of hydrogen-bond acceptors (Lipinski definition) is 4. The highest BCUT2D eigenvalue weighted by Gasteiger charge is 2.04. The van der Waals surface area contributed by atoms with Gasteiger partial charge in [0.25, 0.3) is 0 Å². The molecule has 8 N–H and O–H groups in total. The van der Waals surface area contributed by atoms with E-state index in [2.05, 4.69) is 0 Å². The SMILES string of the molecule is Cc1cc(C)c(N)c(C)c1N.Cc1ccc(C)c(N)c1N. The van der Waals surface area contributed by atoms with Crippen molar-refractivity contribution in [3.63, 3.8) is 0 Å². The monoisotopic (exact) mass is 286 g/mol. The Kier molecular flexibility index (Phi) is 5.08. The van der Waals surface area contributed by atoms with Gasteiger partial charge in [0, 0.05) is 11.4 Å². The molecule has 0 spiro atoms. The van der Waals surface area contributed by atoms with E-state index in [0.29, 0.717) is 11.4 Å². The van der Waals surface area contributed by atoms with Crippen LogP contribution in [0.25, 0.3) is 0 Å². The summed E-state index contributed by atoms with van der Waals surface area (Å²) in [5.41, 5.74) is 31.2. The number of hydrogen-bond donors (Lipinski definition) is 4. The first-order chi connectivity index (χ1) is 9.66. The predicted octanol–water partition coefficient (Wildman–Crippen LogP) is 3.24. The lowest BCUT2D eigenvalue weighted by Gasteiger charge is -2.09. The quantitative estimate of drug-likeness (QED) is 0.558. The van der Waals surface area contributed by atoms with Crippen LogP contribution in [0, 0.1) is 34.6 Å². The van der Waals surface area contributed by atoms with Gasteiger partial charge in [-0.1, -0.05) is 18.2 Å². The summed E-state index contributed by atoms with van der Waals surface area (Å²) in [4.78, 5) is 0. The second-order valence-corrected chi connectivity index (χ2v) is 5.49. The van der Waals surface area contributed by atoms with Gasteiger partial charge in [-0.3, -0.25) is 0 Å². The molecule has 0 radical (unpaired) electrons. The van der Waals surface area contributed by atoms with Crippen LogP contribution in [0.5, 0.6) is 0 Å². The fourth-order valence-corrected chi connectivity index (χ4v) is 2.07. The van der Waals surface area contributed by atoms with E-state index < -0.39 is 0 Å². The minimum absolute atomic E-state index is 0.708. The van der Waals surface area contributed by atoms with Gasteiger partial charge in [-0.15, -0.1) is 0 Å². The van der Waals surface area contributed by atoms with Gasteiger partial charge in [-0.25, -0.2) is 0 Å². The van der Waals surface area contributed by atoms with Gasteiger partial charge in [0.15, 0.2) is 0 Å². The van der Waals surface area contributed by atoms with E-state index in [0.717, 1.165) is 39.2 Å². The van der Waals surface area contributed by atoms with Gasteiger partial charge in [0.2, 0.25) is 0 Å². The van der Waals surface area contributed by atoms with Crippen molar-refractivity contribution < 1.29 is 0 Å². The third kappa shape index (κ3) is 3.60. The van der Waals surface area contributed by atoms with Gasteiger partial charge >= 0.3 is 0 Å². The van der Waals surface area contributed by atoms with Gasteiger partial charge in [0.1, 0.15) is 0 Å². The predicted molar refractivity (Wildman–Crippen MR) is 94.2 cm³/mol. The molecule has 0 atom stereocenters. The summed E-state index contributed by atoms with van der Waals surface area (Å²) in [5.74, 6) is 0. The third-order valence-electron chi connectivity index (χ3n) is 3.81. The van der Waals surface area contributed by atoms with Gasteiger partial charge < -0.3 is 22.9 Å². The average molecular weight is 286 g/mol. The van der Waals surface area contributed by atoms with E-state index in [-0.39, 0.29) is 0 Å². The topological polar surface area (TPSA) is 104 Å². The Bertz CT molecular complexity index is 607. The number of anilines is 4. The maximum atomic E-state index is 5.77. The molecule has 2 aromatic rings.